The fourth-order valence-corrected chi connectivity index (χ4v) is 1.42. The number of hydrogen-bond acceptors (Lipinski definition) is 3. The van der Waals surface area contributed by atoms with Crippen molar-refractivity contribution in [3.05, 3.63) is 18.2 Å². The second-order valence-corrected chi connectivity index (χ2v) is 4.01. The Balaban J connectivity index is 2.83. The van der Waals surface area contributed by atoms with Gasteiger partial charge < -0.3 is 14.8 Å². The van der Waals surface area contributed by atoms with E-state index < -0.39 is 0 Å². The van der Waals surface area contributed by atoms with Crippen molar-refractivity contribution >= 4 is 5.69 Å². The van der Waals surface area contributed by atoms with Crippen molar-refractivity contribution in [2.24, 2.45) is 0 Å². The van der Waals surface area contributed by atoms with Crippen molar-refractivity contribution in [3.8, 4) is 11.5 Å². The summed E-state index contributed by atoms with van der Waals surface area (Å²) in [5, 5.41) is 3.34. The van der Waals surface area contributed by atoms with Gasteiger partial charge >= 0.3 is 0 Å². The van der Waals surface area contributed by atoms with Crippen LogP contribution in [0.4, 0.5) is 5.69 Å². The monoisotopic (exact) mass is 223 g/mol. The maximum atomic E-state index is 5.63. The third-order valence-electron chi connectivity index (χ3n) is 2.08. The molecule has 90 valence electrons. The van der Waals surface area contributed by atoms with E-state index in [-0.39, 0.29) is 0 Å². The lowest BCUT2D eigenvalue weighted by Gasteiger charge is -2.14. The van der Waals surface area contributed by atoms with E-state index >= 15 is 0 Å². The van der Waals surface area contributed by atoms with Crippen molar-refractivity contribution in [3.63, 3.8) is 0 Å². The standard InChI is InChI=1S/C13H21NO2/c1-5-8-16-13-9-11(14-10(2)3)6-7-12(13)15-4/h6-7,9-10,14H,5,8H2,1-4H3. The summed E-state index contributed by atoms with van der Waals surface area (Å²) in [5.74, 6) is 1.58. The zero-order valence-corrected chi connectivity index (χ0v) is 10.5. The molecule has 16 heavy (non-hydrogen) atoms. The lowest BCUT2D eigenvalue weighted by molar-refractivity contribution is 0.294. The van der Waals surface area contributed by atoms with Crippen LogP contribution in [-0.4, -0.2) is 19.8 Å². The summed E-state index contributed by atoms with van der Waals surface area (Å²) >= 11 is 0. The third-order valence-corrected chi connectivity index (χ3v) is 2.08. The van der Waals surface area contributed by atoms with Crippen LogP contribution in [0, 0.1) is 0 Å². The van der Waals surface area contributed by atoms with Crippen LogP contribution in [0.2, 0.25) is 0 Å². The summed E-state index contributed by atoms with van der Waals surface area (Å²) in [4.78, 5) is 0. The highest BCUT2D eigenvalue weighted by Gasteiger charge is 2.05. The molecular formula is C13H21NO2. The average molecular weight is 223 g/mol. The van der Waals surface area contributed by atoms with Gasteiger partial charge in [0.2, 0.25) is 0 Å². The molecule has 1 aromatic carbocycles. The molecular weight excluding hydrogens is 202 g/mol. The Labute approximate surface area is 97.8 Å². The molecule has 0 amide bonds. The zero-order valence-electron chi connectivity index (χ0n) is 10.5. The Hall–Kier alpha value is -1.38. The van der Waals surface area contributed by atoms with Crippen molar-refractivity contribution < 1.29 is 9.47 Å². The van der Waals surface area contributed by atoms with Crippen LogP contribution in [0.5, 0.6) is 11.5 Å². The number of anilines is 1. The molecule has 3 heteroatoms. The van der Waals surface area contributed by atoms with E-state index in [1.165, 1.54) is 0 Å². The van der Waals surface area contributed by atoms with E-state index in [0.717, 1.165) is 23.6 Å². The van der Waals surface area contributed by atoms with Crippen LogP contribution >= 0.6 is 0 Å². The van der Waals surface area contributed by atoms with E-state index in [1.54, 1.807) is 7.11 Å². The van der Waals surface area contributed by atoms with E-state index in [1.807, 2.05) is 18.2 Å². The minimum absolute atomic E-state index is 0.410. The lowest BCUT2D eigenvalue weighted by atomic mass is 10.2. The molecule has 0 radical (unpaired) electrons. The quantitative estimate of drug-likeness (QED) is 0.802. The summed E-state index contributed by atoms with van der Waals surface area (Å²) in [6.45, 7) is 7.01. The predicted octanol–water partition coefficient (Wildman–Crippen LogP) is 3.30. The zero-order chi connectivity index (χ0) is 12.0. The number of nitrogens with one attached hydrogen (secondary N) is 1. The van der Waals surface area contributed by atoms with E-state index in [9.17, 15) is 0 Å². The first kappa shape index (κ1) is 12.7. The summed E-state index contributed by atoms with van der Waals surface area (Å²) in [6, 6.07) is 6.31. The van der Waals surface area contributed by atoms with Gasteiger partial charge in [0.05, 0.1) is 13.7 Å². The molecule has 1 N–H and O–H groups in total. The first-order chi connectivity index (χ1) is 7.67. The van der Waals surface area contributed by atoms with Crippen LogP contribution in [0.1, 0.15) is 27.2 Å². The van der Waals surface area contributed by atoms with Crippen molar-refractivity contribution in [2.45, 2.75) is 33.2 Å². The number of rotatable bonds is 6. The molecule has 1 aromatic rings. The summed E-state index contributed by atoms with van der Waals surface area (Å²) in [6.07, 6.45) is 0.991. The minimum Gasteiger partial charge on any atom is -0.493 e. The summed E-state index contributed by atoms with van der Waals surface area (Å²) in [7, 11) is 1.66. The minimum atomic E-state index is 0.410. The first-order valence-corrected chi connectivity index (χ1v) is 5.74. The molecule has 0 aliphatic carbocycles. The summed E-state index contributed by atoms with van der Waals surface area (Å²) in [5.41, 5.74) is 1.06. The Morgan fingerprint density at radius 2 is 2.00 bits per heavy atom. The van der Waals surface area contributed by atoms with Crippen LogP contribution < -0.4 is 14.8 Å². The van der Waals surface area contributed by atoms with Crippen LogP contribution in [0.3, 0.4) is 0 Å². The highest BCUT2D eigenvalue weighted by atomic mass is 16.5. The normalized spacial score (nSPS) is 10.3. The molecule has 0 heterocycles. The molecule has 0 bridgehead atoms. The Kier molecular flexibility index (Phi) is 4.96. The smallest absolute Gasteiger partial charge is 0.163 e. The molecule has 0 aliphatic rings. The van der Waals surface area contributed by atoms with Crippen LogP contribution in [0.25, 0.3) is 0 Å². The number of hydrogen-bond donors (Lipinski definition) is 1. The van der Waals surface area contributed by atoms with Gasteiger partial charge in [-0.2, -0.15) is 0 Å². The molecule has 0 saturated heterocycles. The maximum Gasteiger partial charge on any atom is 0.163 e. The topological polar surface area (TPSA) is 30.5 Å². The molecule has 0 unspecified atom stereocenters. The van der Waals surface area contributed by atoms with Crippen LogP contribution in [-0.2, 0) is 0 Å². The highest BCUT2D eigenvalue weighted by Crippen LogP contribution is 2.30. The van der Waals surface area contributed by atoms with E-state index in [0.29, 0.717) is 12.6 Å². The second-order valence-electron chi connectivity index (χ2n) is 4.01. The Morgan fingerprint density at radius 1 is 1.25 bits per heavy atom. The average Bonchev–Trinajstić information content (AvgIpc) is 2.25. The fraction of sp³-hybridized carbons (Fsp3) is 0.538. The van der Waals surface area contributed by atoms with Crippen molar-refractivity contribution in [1.29, 1.82) is 0 Å². The van der Waals surface area contributed by atoms with Gasteiger partial charge in [-0.15, -0.1) is 0 Å². The SMILES string of the molecule is CCCOc1cc(NC(C)C)ccc1OC. The molecule has 3 nitrogen and oxygen atoms in total. The molecule has 1 rings (SSSR count). The largest absolute Gasteiger partial charge is 0.493 e. The Morgan fingerprint density at radius 3 is 2.56 bits per heavy atom. The number of methoxy groups -OCH3 is 1. The highest BCUT2D eigenvalue weighted by molar-refractivity contribution is 5.55. The number of ether oxygens (including phenoxy) is 2. The lowest BCUT2D eigenvalue weighted by Crippen LogP contribution is -2.09. The molecule has 0 atom stereocenters. The molecule has 0 aromatic heterocycles. The Bertz CT molecular complexity index is 324. The van der Waals surface area contributed by atoms with E-state index in [2.05, 4.69) is 26.1 Å². The molecule has 0 saturated carbocycles. The molecule has 0 aliphatic heterocycles. The van der Waals surface area contributed by atoms with Gasteiger partial charge in [-0.05, 0) is 32.4 Å². The second kappa shape index (κ2) is 6.26. The predicted molar refractivity (Wildman–Crippen MR) is 67.5 cm³/mol. The van der Waals surface area contributed by atoms with Gasteiger partial charge in [0, 0.05) is 17.8 Å². The molecule has 0 spiro atoms. The molecule has 0 fully saturated rings. The fourth-order valence-electron chi connectivity index (χ4n) is 1.42. The van der Waals surface area contributed by atoms with Gasteiger partial charge in [0.1, 0.15) is 0 Å². The maximum absolute atomic E-state index is 5.63. The van der Waals surface area contributed by atoms with Gasteiger partial charge in [-0.25, -0.2) is 0 Å². The van der Waals surface area contributed by atoms with Crippen molar-refractivity contribution in [2.75, 3.05) is 19.0 Å². The van der Waals surface area contributed by atoms with Crippen LogP contribution in [0.15, 0.2) is 18.2 Å². The van der Waals surface area contributed by atoms with Gasteiger partial charge in [0.15, 0.2) is 11.5 Å². The van der Waals surface area contributed by atoms with Gasteiger partial charge in [-0.3, -0.25) is 0 Å². The number of benzene rings is 1. The third kappa shape index (κ3) is 3.65. The van der Waals surface area contributed by atoms with Gasteiger partial charge in [0.25, 0.3) is 0 Å². The van der Waals surface area contributed by atoms with Crippen molar-refractivity contribution in [1.82, 2.24) is 0 Å². The summed E-state index contributed by atoms with van der Waals surface area (Å²) < 4.78 is 10.9. The van der Waals surface area contributed by atoms with E-state index in [4.69, 9.17) is 9.47 Å². The first-order valence-electron chi connectivity index (χ1n) is 5.74. The van der Waals surface area contributed by atoms with Gasteiger partial charge in [-0.1, -0.05) is 6.92 Å².